The van der Waals surface area contributed by atoms with Crippen molar-refractivity contribution in [2.24, 2.45) is 0 Å². The molecule has 0 N–H and O–H groups in total. The van der Waals surface area contributed by atoms with Crippen molar-refractivity contribution in [1.82, 2.24) is 0 Å². The van der Waals surface area contributed by atoms with Crippen LogP contribution < -0.4 is 0 Å². The predicted molar refractivity (Wildman–Crippen MR) is 181 cm³/mol. The molecule has 8 aromatic carbocycles. The van der Waals surface area contributed by atoms with E-state index >= 15 is 0 Å². The van der Waals surface area contributed by atoms with E-state index in [1.165, 1.54) is 66.1 Å². The van der Waals surface area contributed by atoms with Gasteiger partial charge in [-0.15, -0.1) is 69.1 Å². The third-order valence-corrected chi connectivity index (χ3v) is 7.84. The second kappa shape index (κ2) is 13.2. The first kappa shape index (κ1) is 28.5. The third kappa shape index (κ3) is 6.44. The summed E-state index contributed by atoms with van der Waals surface area (Å²) in [5.74, 6) is 0. The average molecular weight is 626 g/mol. The first-order valence-electron chi connectivity index (χ1n) is 14.4. The van der Waals surface area contributed by atoms with E-state index in [1.54, 1.807) is 0 Å². The second-order valence-corrected chi connectivity index (χ2v) is 10.6. The van der Waals surface area contributed by atoms with Gasteiger partial charge in [-0.05, 0) is 22.3 Å². The van der Waals surface area contributed by atoms with Crippen molar-refractivity contribution >= 4 is 21.5 Å². The van der Waals surface area contributed by atoms with E-state index in [2.05, 4.69) is 182 Å². The van der Waals surface area contributed by atoms with Crippen LogP contribution >= 0.6 is 0 Å². The summed E-state index contributed by atoms with van der Waals surface area (Å²) >= 11 is 0. The quantitative estimate of drug-likeness (QED) is 0.171. The van der Waals surface area contributed by atoms with Gasteiger partial charge in [0.05, 0.1) is 0 Å². The molecular formula is C42H30Zr. The molecule has 43 heavy (non-hydrogen) atoms. The molecule has 0 radical (unpaired) electrons. The van der Waals surface area contributed by atoms with Crippen molar-refractivity contribution in [2.75, 3.05) is 0 Å². The summed E-state index contributed by atoms with van der Waals surface area (Å²) in [5.41, 5.74) is 10.2. The fourth-order valence-electron chi connectivity index (χ4n) is 5.65. The molecule has 0 aliphatic carbocycles. The van der Waals surface area contributed by atoms with Gasteiger partial charge in [-0.3, -0.25) is 0 Å². The van der Waals surface area contributed by atoms with Gasteiger partial charge in [-0.25, -0.2) is 0 Å². The molecule has 0 nitrogen and oxygen atoms in total. The van der Waals surface area contributed by atoms with E-state index in [1.807, 2.05) is 0 Å². The SMILES string of the molecule is [Zr+2].c1ccc(-c2cccc(-c3cc4ccccc4[cH-]3)c2)cc1.c1ccc(-c2cccc(-c3cc4ccccc4[cH-]3)c2)cc1. The van der Waals surface area contributed by atoms with Crippen LogP contribution in [-0.2, 0) is 26.2 Å². The molecule has 0 bridgehead atoms. The fraction of sp³-hybridized carbons (Fsp3) is 0. The van der Waals surface area contributed by atoms with Gasteiger partial charge in [0.25, 0.3) is 0 Å². The largest absolute Gasteiger partial charge is 2.00 e. The van der Waals surface area contributed by atoms with Gasteiger partial charge in [0.15, 0.2) is 0 Å². The Morgan fingerprint density at radius 3 is 1.05 bits per heavy atom. The molecule has 0 amide bonds. The molecule has 202 valence electrons. The van der Waals surface area contributed by atoms with Crippen molar-refractivity contribution in [2.45, 2.75) is 0 Å². The van der Waals surface area contributed by atoms with Crippen LogP contribution in [0, 0.1) is 0 Å². The molecule has 0 spiro atoms. The smallest absolute Gasteiger partial charge is 0.145 e. The van der Waals surface area contributed by atoms with Crippen LogP contribution in [0.2, 0.25) is 0 Å². The fourth-order valence-corrected chi connectivity index (χ4v) is 5.65. The third-order valence-electron chi connectivity index (χ3n) is 7.84. The molecule has 0 aliphatic rings. The van der Waals surface area contributed by atoms with E-state index in [0.717, 1.165) is 0 Å². The summed E-state index contributed by atoms with van der Waals surface area (Å²) in [6.45, 7) is 0. The minimum Gasteiger partial charge on any atom is -0.145 e. The molecule has 0 fully saturated rings. The van der Waals surface area contributed by atoms with E-state index < -0.39 is 0 Å². The van der Waals surface area contributed by atoms with Crippen LogP contribution in [0.1, 0.15) is 0 Å². The Bertz CT molecular complexity index is 1860. The number of benzene rings is 6. The maximum atomic E-state index is 2.27. The first-order chi connectivity index (χ1) is 20.8. The second-order valence-electron chi connectivity index (χ2n) is 10.6. The maximum Gasteiger partial charge on any atom is 2.00 e. The number of rotatable bonds is 4. The molecule has 0 heterocycles. The monoisotopic (exact) mass is 624 g/mol. The topological polar surface area (TPSA) is 0 Å². The van der Waals surface area contributed by atoms with Crippen LogP contribution in [0.5, 0.6) is 0 Å². The zero-order valence-corrected chi connectivity index (χ0v) is 26.3. The van der Waals surface area contributed by atoms with E-state index in [-0.39, 0.29) is 26.2 Å². The summed E-state index contributed by atoms with van der Waals surface area (Å²) in [5, 5.41) is 5.21. The zero-order valence-electron chi connectivity index (χ0n) is 23.8. The number of hydrogen-bond acceptors (Lipinski definition) is 0. The van der Waals surface area contributed by atoms with E-state index in [0.29, 0.717) is 0 Å². The van der Waals surface area contributed by atoms with Gasteiger partial charge in [-0.1, -0.05) is 157 Å². The minimum absolute atomic E-state index is 0. The molecule has 0 atom stereocenters. The maximum absolute atomic E-state index is 2.27. The van der Waals surface area contributed by atoms with Gasteiger partial charge in [0, 0.05) is 0 Å². The summed E-state index contributed by atoms with van der Waals surface area (Å²) in [6.07, 6.45) is 0. The van der Waals surface area contributed by atoms with E-state index in [4.69, 9.17) is 0 Å². The van der Waals surface area contributed by atoms with Gasteiger partial charge in [-0.2, -0.15) is 0 Å². The van der Waals surface area contributed by atoms with Gasteiger partial charge in [0.2, 0.25) is 0 Å². The number of hydrogen-bond donors (Lipinski definition) is 0. The normalized spacial score (nSPS) is 10.6. The van der Waals surface area contributed by atoms with Crippen LogP contribution in [0.4, 0.5) is 0 Å². The Hall–Kier alpha value is -4.58. The summed E-state index contributed by atoms with van der Waals surface area (Å²) < 4.78 is 0. The molecule has 8 rings (SSSR count). The Labute approximate surface area is 272 Å². The minimum atomic E-state index is 0. The van der Waals surface area contributed by atoms with Crippen molar-refractivity contribution in [3.05, 3.63) is 182 Å². The van der Waals surface area contributed by atoms with Crippen molar-refractivity contribution in [3.8, 4) is 44.5 Å². The number of fused-ring (bicyclic) bond motifs is 2. The first-order valence-corrected chi connectivity index (χ1v) is 14.4. The Morgan fingerprint density at radius 2 is 0.628 bits per heavy atom. The molecule has 8 aromatic rings. The van der Waals surface area contributed by atoms with Crippen molar-refractivity contribution < 1.29 is 26.2 Å². The zero-order chi connectivity index (χ0) is 28.1. The van der Waals surface area contributed by atoms with Gasteiger partial charge < -0.3 is 0 Å². The van der Waals surface area contributed by atoms with Gasteiger partial charge in [0.1, 0.15) is 0 Å². The predicted octanol–water partition coefficient (Wildman–Crippen LogP) is 11.8. The van der Waals surface area contributed by atoms with E-state index in [9.17, 15) is 0 Å². The standard InChI is InChI=1S/2C21H15.Zr/c2*1-2-7-16(8-3-1)17-11-6-12-20(13-17)21-14-18-9-4-5-10-19(18)15-21;/h2*1-15H;/q2*-1;+2. The van der Waals surface area contributed by atoms with Crippen molar-refractivity contribution in [1.29, 1.82) is 0 Å². The molecule has 1 heteroatoms. The Morgan fingerprint density at radius 1 is 0.279 bits per heavy atom. The van der Waals surface area contributed by atoms with Gasteiger partial charge >= 0.3 is 26.2 Å². The molecular weight excluding hydrogens is 596 g/mol. The van der Waals surface area contributed by atoms with Crippen LogP contribution in [0.15, 0.2) is 182 Å². The Balaban J connectivity index is 0.000000150. The summed E-state index contributed by atoms with van der Waals surface area (Å²) in [6, 6.07) is 64.6. The van der Waals surface area contributed by atoms with Crippen LogP contribution in [-0.4, -0.2) is 0 Å². The van der Waals surface area contributed by atoms with Crippen molar-refractivity contribution in [3.63, 3.8) is 0 Å². The molecule has 0 aliphatic heterocycles. The average Bonchev–Trinajstić information content (AvgIpc) is 3.71. The Kier molecular flexibility index (Phi) is 8.73. The molecule has 0 aromatic heterocycles. The molecule has 0 unspecified atom stereocenters. The van der Waals surface area contributed by atoms with Crippen LogP contribution in [0.3, 0.4) is 0 Å². The van der Waals surface area contributed by atoms with Crippen LogP contribution in [0.25, 0.3) is 66.1 Å². The summed E-state index contributed by atoms with van der Waals surface area (Å²) in [4.78, 5) is 0. The summed E-state index contributed by atoms with van der Waals surface area (Å²) in [7, 11) is 0. The molecule has 0 saturated carbocycles. The molecule has 0 saturated heterocycles.